The summed E-state index contributed by atoms with van der Waals surface area (Å²) in [5.74, 6) is 0.209. The van der Waals surface area contributed by atoms with Gasteiger partial charge in [-0.25, -0.2) is 0 Å². The van der Waals surface area contributed by atoms with E-state index in [4.69, 9.17) is 0 Å². The molecular weight excluding hydrogens is 198 g/mol. The Morgan fingerprint density at radius 3 is 2.38 bits per heavy atom. The number of carbonyl (C=O) groups excluding carboxylic acids is 1. The van der Waals surface area contributed by atoms with Gasteiger partial charge in [0.25, 0.3) is 5.91 Å². The number of benzene rings is 1. The molecule has 1 amide bonds. The molecular formula is C14H17NO. The minimum absolute atomic E-state index is 0.0337. The third kappa shape index (κ3) is 1.05. The van der Waals surface area contributed by atoms with E-state index in [2.05, 4.69) is 31.7 Å². The van der Waals surface area contributed by atoms with E-state index in [0.717, 1.165) is 18.4 Å². The molecule has 0 unspecified atom stereocenters. The van der Waals surface area contributed by atoms with Crippen LogP contribution < -0.4 is 0 Å². The van der Waals surface area contributed by atoms with Crippen LogP contribution in [0.3, 0.4) is 0 Å². The minimum Gasteiger partial charge on any atom is -0.324 e. The van der Waals surface area contributed by atoms with E-state index in [1.54, 1.807) is 0 Å². The van der Waals surface area contributed by atoms with Crippen LogP contribution in [-0.4, -0.2) is 16.3 Å². The lowest BCUT2D eigenvalue weighted by Crippen LogP contribution is -2.47. The molecule has 2 aliphatic rings. The molecule has 0 radical (unpaired) electrons. The molecule has 2 nitrogen and oxygen atoms in total. The Labute approximate surface area is 96.3 Å². The zero-order valence-electron chi connectivity index (χ0n) is 10.1. The SMILES string of the molecule is CC(C)(C)N1C(=O)c2ccccc2C12CC2. The molecule has 2 heteroatoms. The van der Waals surface area contributed by atoms with Gasteiger partial charge in [-0.2, -0.15) is 0 Å². The molecule has 1 spiro atoms. The summed E-state index contributed by atoms with van der Waals surface area (Å²) in [5, 5.41) is 0. The van der Waals surface area contributed by atoms with Gasteiger partial charge in [-0.05, 0) is 45.2 Å². The first-order valence-electron chi connectivity index (χ1n) is 5.91. The van der Waals surface area contributed by atoms with Gasteiger partial charge in [-0.3, -0.25) is 4.79 Å². The summed E-state index contributed by atoms with van der Waals surface area (Å²) >= 11 is 0. The lowest BCUT2D eigenvalue weighted by atomic mass is 10.00. The van der Waals surface area contributed by atoms with Crippen LogP contribution in [0.4, 0.5) is 0 Å². The van der Waals surface area contributed by atoms with E-state index < -0.39 is 0 Å². The van der Waals surface area contributed by atoms with Gasteiger partial charge in [0.1, 0.15) is 0 Å². The lowest BCUT2D eigenvalue weighted by Gasteiger charge is -2.37. The van der Waals surface area contributed by atoms with Crippen LogP contribution in [0.2, 0.25) is 0 Å². The normalized spacial score (nSPS) is 21.4. The average molecular weight is 215 g/mol. The summed E-state index contributed by atoms with van der Waals surface area (Å²) in [6.45, 7) is 6.37. The van der Waals surface area contributed by atoms with E-state index in [0.29, 0.717) is 0 Å². The Hall–Kier alpha value is -1.31. The standard InChI is InChI=1S/C14H17NO/c1-13(2,3)15-12(16)10-6-4-5-7-11(10)14(15)8-9-14/h4-7H,8-9H2,1-3H3. The highest BCUT2D eigenvalue weighted by Gasteiger charge is 2.60. The van der Waals surface area contributed by atoms with Crippen LogP contribution >= 0.6 is 0 Å². The van der Waals surface area contributed by atoms with Crippen molar-refractivity contribution in [2.24, 2.45) is 0 Å². The summed E-state index contributed by atoms with van der Waals surface area (Å²) in [4.78, 5) is 14.5. The second kappa shape index (κ2) is 2.68. The predicted molar refractivity (Wildman–Crippen MR) is 63.3 cm³/mol. The molecule has 1 aliphatic carbocycles. The zero-order valence-corrected chi connectivity index (χ0v) is 10.1. The van der Waals surface area contributed by atoms with Crippen molar-refractivity contribution in [3.8, 4) is 0 Å². The molecule has 0 N–H and O–H groups in total. The average Bonchev–Trinajstić information content (AvgIpc) is 2.92. The van der Waals surface area contributed by atoms with Gasteiger partial charge in [-0.15, -0.1) is 0 Å². The lowest BCUT2D eigenvalue weighted by molar-refractivity contribution is 0.0454. The summed E-state index contributed by atoms with van der Waals surface area (Å²) in [7, 11) is 0. The van der Waals surface area contributed by atoms with Gasteiger partial charge < -0.3 is 4.90 Å². The van der Waals surface area contributed by atoms with Crippen LogP contribution in [0.5, 0.6) is 0 Å². The summed E-state index contributed by atoms with van der Waals surface area (Å²) in [6, 6.07) is 8.08. The Morgan fingerprint density at radius 2 is 1.81 bits per heavy atom. The Kier molecular flexibility index (Phi) is 1.65. The highest BCUT2D eigenvalue weighted by Crippen LogP contribution is 2.58. The molecule has 0 aromatic heterocycles. The molecule has 3 rings (SSSR count). The van der Waals surface area contributed by atoms with Gasteiger partial charge in [0.15, 0.2) is 0 Å². The second-order valence-corrected chi connectivity index (χ2v) is 5.89. The molecule has 1 saturated carbocycles. The number of fused-ring (bicyclic) bond motifs is 2. The van der Waals surface area contributed by atoms with Crippen molar-refractivity contribution < 1.29 is 4.79 Å². The molecule has 1 heterocycles. The van der Waals surface area contributed by atoms with E-state index in [1.165, 1.54) is 5.56 Å². The van der Waals surface area contributed by atoms with Crippen LogP contribution in [0.25, 0.3) is 0 Å². The third-order valence-electron chi connectivity index (χ3n) is 3.68. The number of amides is 1. The largest absolute Gasteiger partial charge is 0.324 e. The van der Waals surface area contributed by atoms with Crippen molar-refractivity contribution in [2.45, 2.75) is 44.7 Å². The third-order valence-corrected chi connectivity index (χ3v) is 3.68. The quantitative estimate of drug-likeness (QED) is 0.651. The van der Waals surface area contributed by atoms with E-state index >= 15 is 0 Å². The maximum atomic E-state index is 12.4. The minimum atomic E-state index is -0.0907. The van der Waals surface area contributed by atoms with Crippen LogP contribution in [0, 0.1) is 0 Å². The van der Waals surface area contributed by atoms with Crippen molar-refractivity contribution in [3.63, 3.8) is 0 Å². The predicted octanol–water partition coefficient (Wildman–Crippen LogP) is 2.93. The highest BCUT2D eigenvalue weighted by molar-refractivity contribution is 6.01. The van der Waals surface area contributed by atoms with Gasteiger partial charge in [-0.1, -0.05) is 18.2 Å². The first kappa shape index (κ1) is 9.88. The molecule has 1 aromatic rings. The first-order valence-corrected chi connectivity index (χ1v) is 5.91. The van der Waals surface area contributed by atoms with Crippen molar-refractivity contribution in [1.29, 1.82) is 0 Å². The van der Waals surface area contributed by atoms with Crippen molar-refractivity contribution in [3.05, 3.63) is 35.4 Å². The van der Waals surface area contributed by atoms with Crippen molar-refractivity contribution in [2.75, 3.05) is 0 Å². The molecule has 0 bridgehead atoms. The smallest absolute Gasteiger partial charge is 0.255 e. The topological polar surface area (TPSA) is 20.3 Å². The van der Waals surface area contributed by atoms with Gasteiger partial charge in [0.2, 0.25) is 0 Å². The maximum Gasteiger partial charge on any atom is 0.255 e. The highest BCUT2D eigenvalue weighted by atomic mass is 16.2. The number of nitrogens with zero attached hydrogens (tertiary/aromatic N) is 1. The number of hydrogen-bond donors (Lipinski definition) is 0. The van der Waals surface area contributed by atoms with Crippen LogP contribution in [-0.2, 0) is 5.54 Å². The Bertz CT molecular complexity index is 466. The molecule has 1 aliphatic heterocycles. The molecule has 0 saturated heterocycles. The molecule has 16 heavy (non-hydrogen) atoms. The summed E-state index contributed by atoms with van der Waals surface area (Å²) < 4.78 is 0. The Morgan fingerprint density at radius 1 is 1.19 bits per heavy atom. The van der Waals surface area contributed by atoms with E-state index in [9.17, 15) is 4.79 Å². The molecule has 84 valence electrons. The van der Waals surface area contributed by atoms with Gasteiger partial charge >= 0.3 is 0 Å². The van der Waals surface area contributed by atoms with E-state index in [-0.39, 0.29) is 17.0 Å². The number of rotatable bonds is 0. The zero-order chi connectivity index (χ0) is 11.6. The van der Waals surface area contributed by atoms with Gasteiger partial charge in [0.05, 0.1) is 5.54 Å². The fourth-order valence-corrected chi connectivity index (χ4v) is 3.07. The van der Waals surface area contributed by atoms with E-state index in [1.807, 2.05) is 18.2 Å². The monoisotopic (exact) mass is 215 g/mol. The summed E-state index contributed by atoms with van der Waals surface area (Å²) in [6.07, 6.45) is 2.24. The molecule has 1 fully saturated rings. The maximum absolute atomic E-state index is 12.4. The fourth-order valence-electron chi connectivity index (χ4n) is 3.07. The summed E-state index contributed by atoms with van der Waals surface area (Å²) in [5.41, 5.74) is 2.10. The Balaban J connectivity index is 2.19. The van der Waals surface area contributed by atoms with Gasteiger partial charge in [0, 0.05) is 11.1 Å². The second-order valence-electron chi connectivity index (χ2n) is 5.89. The van der Waals surface area contributed by atoms with Crippen LogP contribution in [0.15, 0.2) is 24.3 Å². The van der Waals surface area contributed by atoms with Crippen molar-refractivity contribution >= 4 is 5.91 Å². The molecule has 1 aromatic carbocycles. The van der Waals surface area contributed by atoms with Crippen molar-refractivity contribution in [1.82, 2.24) is 4.90 Å². The molecule has 0 atom stereocenters. The fraction of sp³-hybridized carbons (Fsp3) is 0.500. The van der Waals surface area contributed by atoms with Crippen LogP contribution in [0.1, 0.15) is 49.5 Å². The number of hydrogen-bond acceptors (Lipinski definition) is 1. The first-order chi connectivity index (χ1) is 7.47. The number of carbonyl (C=O) groups is 1.